The Kier molecular flexibility index (Phi) is 4.24. The van der Waals surface area contributed by atoms with Crippen molar-refractivity contribution in [3.8, 4) is 0 Å². The van der Waals surface area contributed by atoms with Crippen molar-refractivity contribution >= 4 is 27.3 Å². The van der Waals surface area contributed by atoms with Gasteiger partial charge in [0, 0.05) is 6.42 Å². The number of nitrogens with one attached hydrogen (secondary N) is 1. The number of hydrogen-bond donors (Lipinski definition) is 2. The largest absolute Gasteiger partial charge is 0.364 e. The van der Waals surface area contributed by atoms with E-state index in [4.69, 9.17) is 4.55 Å². The lowest BCUT2D eigenvalue weighted by Crippen LogP contribution is -2.27. The molecule has 2 N–H and O–H groups in total. The Balaban J connectivity index is 3.72. The van der Waals surface area contributed by atoms with E-state index in [2.05, 4.69) is 24.1 Å². The van der Waals surface area contributed by atoms with Gasteiger partial charge < -0.3 is 5.32 Å². The third kappa shape index (κ3) is 7.44. The molecule has 0 atom stereocenters. The fraction of sp³-hybridized carbons (Fsp3) is 0.400. The van der Waals surface area contributed by atoms with Gasteiger partial charge in [0.1, 0.15) is 5.88 Å². The molecule has 0 bridgehead atoms. The summed E-state index contributed by atoms with van der Waals surface area (Å²) in [4.78, 5) is 0.345. The molecule has 0 saturated carbocycles. The van der Waals surface area contributed by atoms with Gasteiger partial charge >= 0.3 is 0 Å². The van der Waals surface area contributed by atoms with Crippen LogP contribution in [0.15, 0.2) is 12.7 Å². The molecule has 0 aromatic carbocycles. The van der Waals surface area contributed by atoms with E-state index in [1.807, 2.05) is 0 Å². The number of rotatable bonds is 4. The quantitative estimate of drug-likeness (QED) is 0.384. The zero-order valence-corrected chi connectivity index (χ0v) is 7.41. The lowest BCUT2D eigenvalue weighted by atomic mass is 10.4. The molecule has 11 heavy (non-hydrogen) atoms. The lowest BCUT2D eigenvalue weighted by molar-refractivity contribution is 0.481. The monoisotopic (exact) mass is 195 g/mol. The van der Waals surface area contributed by atoms with Crippen LogP contribution in [0.3, 0.4) is 0 Å². The van der Waals surface area contributed by atoms with Gasteiger partial charge in [0.15, 0.2) is 0 Å². The maximum Gasteiger partial charge on any atom is 0.283 e. The van der Waals surface area contributed by atoms with E-state index in [9.17, 15) is 8.42 Å². The molecule has 0 spiro atoms. The molecule has 0 aromatic heterocycles. The molecule has 64 valence electrons. The SMILES string of the molecule is C=CCC(=S)NCS(=O)(=O)O. The molecule has 0 aliphatic rings. The minimum Gasteiger partial charge on any atom is -0.364 e. The Labute approximate surface area is 71.0 Å². The van der Waals surface area contributed by atoms with Crippen molar-refractivity contribution < 1.29 is 13.0 Å². The standard InChI is InChI=1S/C5H9NO3S2/c1-2-3-5(10)6-4-11(7,8)9/h2H,1,3-4H2,(H,6,10)(H,7,8,9). The molecule has 0 fully saturated rings. The first-order valence-electron chi connectivity index (χ1n) is 2.78. The molecule has 0 aromatic rings. The van der Waals surface area contributed by atoms with Crippen LogP contribution in [-0.2, 0) is 10.1 Å². The van der Waals surface area contributed by atoms with Gasteiger partial charge in [-0.05, 0) is 0 Å². The third-order valence-electron chi connectivity index (χ3n) is 0.781. The number of thiocarbonyl (C=S) groups is 1. The zero-order valence-electron chi connectivity index (χ0n) is 5.78. The summed E-state index contributed by atoms with van der Waals surface area (Å²) in [6.07, 6.45) is 1.95. The molecule has 6 heteroatoms. The summed E-state index contributed by atoms with van der Waals surface area (Å²) in [5, 5.41) is 2.35. The van der Waals surface area contributed by atoms with Gasteiger partial charge in [-0.25, -0.2) is 0 Å². The van der Waals surface area contributed by atoms with Gasteiger partial charge in [-0.15, -0.1) is 6.58 Å². The van der Waals surface area contributed by atoms with E-state index in [0.29, 0.717) is 11.4 Å². The molecule has 0 heterocycles. The first-order chi connectivity index (χ1) is 4.95. The maximum absolute atomic E-state index is 10.1. The summed E-state index contributed by atoms with van der Waals surface area (Å²) in [5.41, 5.74) is 0. The lowest BCUT2D eigenvalue weighted by Gasteiger charge is -2.01. The Morgan fingerprint density at radius 1 is 1.73 bits per heavy atom. The van der Waals surface area contributed by atoms with Crippen molar-refractivity contribution in [1.29, 1.82) is 0 Å². The highest BCUT2D eigenvalue weighted by atomic mass is 32.2. The molecule has 0 radical (unpaired) electrons. The number of hydrogen-bond acceptors (Lipinski definition) is 3. The Morgan fingerprint density at radius 2 is 2.27 bits per heavy atom. The van der Waals surface area contributed by atoms with Gasteiger partial charge in [-0.1, -0.05) is 18.3 Å². The fourth-order valence-electron chi connectivity index (χ4n) is 0.375. The second-order valence-electron chi connectivity index (χ2n) is 1.82. The molecule has 0 aliphatic heterocycles. The molecular weight excluding hydrogens is 186 g/mol. The van der Waals surface area contributed by atoms with Crippen LogP contribution < -0.4 is 5.32 Å². The van der Waals surface area contributed by atoms with Gasteiger partial charge in [-0.2, -0.15) is 8.42 Å². The van der Waals surface area contributed by atoms with Crippen LogP contribution in [0.2, 0.25) is 0 Å². The third-order valence-corrected chi connectivity index (χ3v) is 1.60. The van der Waals surface area contributed by atoms with Crippen LogP contribution in [0, 0.1) is 0 Å². The molecule has 4 nitrogen and oxygen atoms in total. The second kappa shape index (κ2) is 4.42. The van der Waals surface area contributed by atoms with E-state index in [1.165, 1.54) is 0 Å². The molecule has 0 unspecified atom stereocenters. The van der Waals surface area contributed by atoms with E-state index in [-0.39, 0.29) is 0 Å². The van der Waals surface area contributed by atoms with E-state index < -0.39 is 16.0 Å². The predicted octanol–water partition coefficient (Wildman–Crippen LogP) is 0.325. The Morgan fingerprint density at radius 3 is 2.64 bits per heavy atom. The van der Waals surface area contributed by atoms with Crippen molar-refractivity contribution in [2.75, 3.05) is 5.88 Å². The van der Waals surface area contributed by atoms with E-state index >= 15 is 0 Å². The second-order valence-corrected chi connectivity index (χ2v) is 3.76. The highest BCUT2D eigenvalue weighted by Gasteiger charge is 2.03. The zero-order chi connectivity index (χ0) is 8.91. The smallest absolute Gasteiger partial charge is 0.283 e. The molecule has 0 aliphatic carbocycles. The van der Waals surface area contributed by atoms with Crippen LogP contribution in [0.25, 0.3) is 0 Å². The average molecular weight is 195 g/mol. The van der Waals surface area contributed by atoms with Crippen molar-refractivity contribution in [1.82, 2.24) is 5.32 Å². The Bertz CT molecular complexity index is 244. The highest BCUT2D eigenvalue weighted by molar-refractivity contribution is 7.85. The van der Waals surface area contributed by atoms with Crippen molar-refractivity contribution in [2.24, 2.45) is 0 Å². The fourth-order valence-corrected chi connectivity index (χ4v) is 1.01. The van der Waals surface area contributed by atoms with Crippen LogP contribution in [0.4, 0.5) is 0 Å². The van der Waals surface area contributed by atoms with Crippen molar-refractivity contribution in [3.05, 3.63) is 12.7 Å². The summed E-state index contributed by atoms with van der Waals surface area (Å²) < 4.78 is 28.6. The van der Waals surface area contributed by atoms with E-state index in [0.717, 1.165) is 0 Å². The first kappa shape index (κ1) is 10.5. The topological polar surface area (TPSA) is 66.4 Å². The van der Waals surface area contributed by atoms with Gasteiger partial charge in [0.05, 0.1) is 4.99 Å². The van der Waals surface area contributed by atoms with Gasteiger partial charge in [-0.3, -0.25) is 4.55 Å². The van der Waals surface area contributed by atoms with Crippen molar-refractivity contribution in [3.63, 3.8) is 0 Å². The summed E-state index contributed by atoms with van der Waals surface area (Å²) in [6.45, 7) is 3.41. The summed E-state index contributed by atoms with van der Waals surface area (Å²) in [7, 11) is -3.97. The molecule has 0 saturated heterocycles. The van der Waals surface area contributed by atoms with Crippen molar-refractivity contribution in [2.45, 2.75) is 6.42 Å². The van der Waals surface area contributed by atoms with Crippen LogP contribution >= 0.6 is 12.2 Å². The maximum atomic E-state index is 10.1. The summed E-state index contributed by atoms with van der Waals surface area (Å²) in [5.74, 6) is -0.542. The first-order valence-corrected chi connectivity index (χ1v) is 4.80. The molecule has 0 amide bonds. The highest BCUT2D eigenvalue weighted by Crippen LogP contribution is 1.85. The van der Waals surface area contributed by atoms with Gasteiger partial charge in [0.25, 0.3) is 10.1 Å². The van der Waals surface area contributed by atoms with Crippen LogP contribution in [0.5, 0.6) is 0 Å². The predicted molar refractivity (Wildman–Crippen MR) is 47.0 cm³/mol. The van der Waals surface area contributed by atoms with Crippen LogP contribution in [0.1, 0.15) is 6.42 Å². The normalized spacial score (nSPS) is 10.6. The minimum absolute atomic E-state index is 0.345. The molecule has 0 rings (SSSR count). The Hall–Kier alpha value is -0.460. The van der Waals surface area contributed by atoms with E-state index in [1.54, 1.807) is 6.08 Å². The average Bonchev–Trinajstić information content (AvgIpc) is 1.83. The van der Waals surface area contributed by atoms with Crippen LogP contribution in [-0.4, -0.2) is 23.8 Å². The summed E-state index contributed by atoms with van der Waals surface area (Å²) in [6, 6.07) is 0. The van der Waals surface area contributed by atoms with Gasteiger partial charge in [0.2, 0.25) is 0 Å². The minimum atomic E-state index is -3.97. The summed E-state index contributed by atoms with van der Waals surface area (Å²) >= 11 is 4.66. The molecular formula is C5H9NO3S2.